The Labute approximate surface area is 158 Å². The number of ether oxygens (including phenoxy) is 2. The Kier molecular flexibility index (Phi) is 5.31. The molecule has 9 nitrogen and oxygen atoms in total. The minimum Gasteiger partial charge on any atom is -0.482 e. The lowest BCUT2D eigenvalue weighted by Gasteiger charge is -2.09. The van der Waals surface area contributed by atoms with E-state index < -0.39 is 17.2 Å². The highest BCUT2D eigenvalue weighted by atomic mass is 35.5. The minimum absolute atomic E-state index is 0.0230. The van der Waals surface area contributed by atoms with E-state index in [-0.39, 0.29) is 30.9 Å². The molecular weight excluding hydrogens is 376 g/mol. The average Bonchev–Trinajstić information content (AvgIpc) is 3.07. The van der Waals surface area contributed by atoms with E-state index in [4.69, 9.17) is 21.1 Å². The van der Waals surface area contributed by atoms with Crippen molar-refractivity contribution in [2.45, 2.75) is 6.54 Å². The lowest BCUT2D eigenvalue weighted by atomic mass is 10.3. The van der Waals surface area contributed by atoms with Crippen LogP contribution < -0.4 is 16.0 Å². The van der Waals surface area contributed by atoms with E-state index in [1.807, 2.05) is 0 Å². The molecule has 0 saturated carbocycles. The highest BCUT2D eigenvalue weighted by Crippen LogP contribution is 2.16. The van der Waals surface area contributed by atoms with E-state index in [1.54, 1.807) is 28.8 Å². The third-order valence-corrected chi connectivity index (χ3v) is 4.20. The quantitative estimate of drug-likeness (QED) is 0.573. The van der Waals surface area contributed by atoms with Crippen molar-refractivity contribution in [3.63, 3.8) is 0 Å². The third kappa shape index (κ3) is 3.87. The van der Waals surface area contributed by atoms with Gasteiger partial charge in [-0.1, -0.05) is 17.7 Å². The third-order valence-electron chi connectivity index (χ3n) is 3.97. The van der Waals surface area contributed by atoms with E-state index in [1.165, 1.54) is 25.0 Å². The lowest BCUT2D eigenvalue weighted by Crippen LogP contribution is -2.37. The average molecular weight is 393 g/mol. The summed E-state index contributed by atoms with van der Waals surface area (Å²) in [4.78, 5) is 40.1. The second-order valence-electron chi connectivity index (χ2n) is 5.78. The van der Waals surface area contributed by atoms with Crippen LogP contribution in [0.25, 0.3) is 11.2 Å². The maximum Gasteiger partial charge on any atom is 0.344 e. The molecule has 0 saturated heterocycles. The van der Waals surface area contributed by atoms with Crippen LogP contribution in [0.3, 0.4) is 0 Å². The summed E-state index contributed by atoms with van der Waals surface area (Å²) in [5.74, 6) is -0.0934. The first-order chi connectivity index (χ1) is 12.9. The number of benzene rings is 1. The van der Waals surface area contributed by atoms with Gasteiger partial charge in [0.25, 0.3) is 5.56 Å². The zero-order valence-corrected chi connectivity index (χ0v) is 15.5. The van der Waals surface area contributed by atoms with Gasteiger partial charge in [0, 0.05) is 19.1 Å². The fourth-order valence-electron chi connectivity index (χ4n) is 2.57. The molecule has 0 aliphatic heterocycles. The number of hydrogen-bond acceptors (Lipinski definition) is 6. The molecule has 0 bridgehead atoms. The van der Waals surface area contributed by atoms with Gasteiger partial charge >= 0.3 is 11.7 Å². The molecule has 3 aromatic rings. The van der Waals surface area contributed by atoms with Crippen molar-refractivity contribution in [3.8, 4) is 5.75 Å². The van der Waals surface area contributed by atoms with Crippen molar-refractivity contribution in [2.24, 2.45) is 14.1 Å². The molecule has 0 fully saturated rings. The van der Waals surface area contributed by atoms with Crippen molar-refractivity contribution in [2.75, 3.05) is 13.2 Å². The van der Waals surface area contributed by atoms with Gasteiger partial charge in [0.2, 0.25) is 0 Å². The predicted octanol–water partition coefficient (Wildman–Crippen LogP) is 0.709. The van der Waals surface area contributed by atoms with E-state index in [9.17, 15) is 14.4 Å². The van der Waals surface area contributed by atoms with Crippen LogP contribution in [-0.4, -0.2) is 37.9 Å². The molecule has 2 aromatic heterocycles. The lowest BCUT2D eigenvalue weighted by molar-refractivity contribution is -0.146. The summed E-state index contributed by atoms with van der Waals surface area (Å²) < 4.78 is 14.3. The van der Waals surface area contributed by atoms with Crippen LogP contribution in [0.4, 0.5) is 0 Å². The second kappa shape index (κ2) is 7.67. The van der Waals surface area contributed by atoms with E-state index in [0.717, 1.165) is 4.57 Å². The smallest absolute Gasteiger partial charge is 0.344 e. The van der Waals surface area contributed by atoms with Gasteiger partial charge in [0.1, 0.15) is 12.4 Å². The van der Waals surface area contributed by atoms with Crippen LogP contribution in [0.2, 0.25) is 5.02 Å². The Balaban J connectivity index is 1.61. The zero-order valence-electron chi connectivity index (χ0n) is 14.7. The van der Waals surface area contributed by atoms with E-state index in [2.05, 4.69) is 4.98 Å². The van der Waals surface area contributed by atoms with Gasteiger partial charge in [0.15, 0.2) is 17.8 Å². The molecule has 0 amide bonds. The molecule has 0 spiro atoms. The fraction of sp³-hybridized carbons (Fsp3) is 0.294. The summed E-state index contributed by atoms with van der Waals surface area (Å²) in [6, 6.07) is 6.67. The molecule has 0 atom stereocenters. The minimum atomic E-state index is -0.556. The first-order valence-corrected chi connectivity index (χ1v) is 8.41. The molecule has 0 unspecified atom stereocenters. The largest absolute Gasteiger partial charge is 0.482 e. The Morgan fingerprint density at radius 3 is 2.74 bits per heavy atom. The first-order valence-electron chi connectivity index (χ1n) is 8.03. The number of aromatic nitrogens is 4. The van der Waals surface area contributed by atoms with Crippen LogP contribution in [-0.2, 0) is 30.2 Å². The van der Waals surface area contributed by atoms with Crippen LogP contribution >= 0.6 is 11.6 Å². The van der Waals surface area contributed by atoms with E-state index in [0.29, 0.717) is 10.8 Å². The topological polar surface area (TPSA) is 97.3 Å². The molecule has 1 aromatic carbocycles. The van der Waals surface area contributed by atoms with Crippen LogP contribution in [0.15, 0.2) is 40.2 Å². The summed E-state index contributed by atoms with van der Waals surface area (Å²) in [6.45, 7) is -0.0245. The number of aryl methyl sites for hydroxylation is 1. The van der Waals surface area contributed by atoms with Gasteiger partial charge in [-0.05, 0) is 18.2 Å². The number of rotatable bonds is 6. The normalized spacial score (nSPS) is 10.9. The van der Waals surface area contributed by atoms with Gasteiger partial charge < -0.3 is 14.0 Å². The van der Waals surface area contributed by atoms with Gasteiger partial charge in [0.05, 0.1) is 12.9 Å². The summed E-state index contributed by atoms with van der Waals surface area (Å²) in [5, 5.41) is 0.504. The number of nitrogens with zero attached hydrogens (tertiary/aromatic N) is 4. The monoisotopic (exact) mass is 392 g/mol. The Morgan fingerprint density at radius 1 is 1.22 bits per heavy atom. The van der Waals surface area contributed by atoms with E-state index >= 15 is 0 Å². The maximum atomic E-state index is 12.3. The second-order valence-corrected chi connectivity index (χ2v) is 6.22. The number of esters is 1. The number of hydrogen-bond donors (Lipinski definition) is 0. The molecule has 0 radical (unpaired) electrons. The van der Waals surface area contributed by atoms with Crippen LogP contribution in [0, 0.1) is 0 Å². The molecule has 10 heteroatoms. The van der Waals surface area contributed by atoms with Gasteiger partial charge in [-0.2, -0.15) is 0 Å². The standard InChI is InChI=1S/C17H17ClN4O5/c1-20-15-14(16(24)21(2)17(20)25)22(10-19-15)6-7-26-13(23)9-27-12-5-3-4-11(18)8-12/h3-5,8,10H,6-7,9H2,1-2H3. The van der Waals surface area contributed by atoms with Crippen LogP contribution in [0.1, 0.15) is 0 Å². The first kappa shape index (κ1) is 18.7. The molecular formula is C17H17ClN4O5. The molecule has 0 N–H and O–H groups in total. The highest BCUT2D eigenvalue weighted by molar-refractivity contribution is 6.30. The van der Waals surface area contributed by atoms with Gasteiger partial charge in [-0.25, -0.2) is 14.6 Å². The molecule has 2 heterocycles. The van der Waals surface area contributed by atoms with Crippen molar-refractivity contribution in [1.82, 2.24) is 18.7 Å². The molecule has 3 rings (SSSR count). The zero-order chi connectivity index (χ0) is 19.6. The number of imidazole rings is 1. The molecule has 0 aliphatic carbocycles. The number of fused-ring (bicyclic) bond motifs is 1. The van der Waals surface area contributed by atoms with Crippen molar-refractivity contribution in [3.05, 3.63) is 56.5 Å². The van der Waals surface area contributed by atoms with Gasteiger partial charge in [-0.15, -0.1) is 0 Å². The van der Waals surface area contributed by atoms with Crippen molar-refractivity contribution < 1.29 is 14.3 Å². The predicted molar refractivity (Wildman–Crippen MR) is 98.1 cm³/mol. The molecule has 142 valence electrons. The number of carbonyl (C=O) groups is 1. The Hall–Kier alpha value is -3.07. The number of halogens is 1. The highest BCUT2D eigenvalue weighted by Gasteiger charge is 2.14. The molecule has 0 aliphatic rings. The van der Waals surface area contributed by atoms with Crippen LogP contribution in [0.5, 0.6) is 5.75 Å². The number of carbonyl (C=O) groups excluding carboxylic acids is 1. The molecule has 27 heavy (non-hydrogen) atoms. The summed E-state index contributed by atoms with van der Waals surface area (Å²) in [5.41, 5.74) is -0.367. The van der Waals surface area contributed by atoms with Gasteiger partial charge in [-0.3, -0.25) is 13.9 Å². The van der Waals surface area contributed by atoms with Crippen molar-refractivity contribution >= 4 is 28.7 Å². The summed E-state index contributed by atoms with van der Waals surface area (Å²) in [6.07, 6.45) is 1.43. The summed E-state index contributed by atoms with van der Waals surface area (Å²) in [7, 11) is 2.93. The Bertz CT molecular complexity index is 1110. The fourth-order valence-corrected chi connectivity index (χ4v) is 2.75. The SMILES string of the molecule is Cn1c(=O)c2c(ncn2CCOC(=O)COc2cccc(Cl)c2)n(C)c1=O. The van der Waals surface area contributed by atoms with Crippen molar-refractivity contribution in [1.29, 1.82) is 0 Å². The Morgan fingerprint density at radius 2 is 2.00 bits per heavy atom. The maximum absolute atomic E-state index is 12.3. The summed E-state index contributed by atoms with van der Waals surface area (Å²) >= 11 is 5.84.